The van der Waals surface area contributed by atoms with Crippen LogP contribution in [0.5, 0.6) is 0 Å². The topological polar surface area (TPSA) is 63.4 Å². The molecule has 5 nitrogen and oxygen atoms in total. The Labute approximate surface area is 128 Å². The van der Waals surface area contributed by atoms with Crippen molar-refractivity contribution in [2.24, 2.45) is 5.92 Å². The van der Waals surface area contributed by atoms with Crippen molar-refractivity contribution < 1.29 is 9.72 Å². The number of carbonyl (C=O) groups excluding carboxylic acids is 1. The molecule has 1 saturated heterocycles. The maximum atomic E-state index is 12.8. The van der Waals surface area contributed by atoms with Gasteiger partial charge in [0, 0.05) is 18.7 Å². The van der Waals surface area contributed by atoms with Crippen molar-refractivity contribution in [3.8, 4) is 0 Å². The summed E-state index contributed by atoms with van der Waals surface area (Å²) in [6.07, 6.45) is 5.54. The Morgan fingerprint density at radius 3 is 2.81 bits per heavy atom. The standard InChI is InChI=1S/C15H17ClN2O3/c16-14-11(6-2-8-13(14)18(20)21)15(19)17-9-3-5-10-4-1-7-12(10)17/h2,6,8,10,12H,1,3-5,7,9H2. The van der Waals surface area contributed by atoms with Gasteiger partial charge in [0.15, 0.2) is 0 Å². The number of amides is 1. The first-order valence-electron chi connectivity index (χ1n) is 7.33. The normalized spacial score (nSPS) is 24.7. The summed E-state index contributed by atoms with van der Waals surface area (Å²) in [5.74, 6) is 0.417. The Balaban J connectivity index is 1.91. The average molecular weight is 309 g/mol. The van der Waals surface area contributed by atoms with E-state index in [1.54, 1.807) is 6.07 Å². The number of nitro benzene ring substituents is 1. The van der Waals surface area contributed by atoms with Crippen molar-refractivity contribution in [3.05, 3.63) is 38.9 Å². The van der Waals surface area contributed by atoms with E-state index in [0.29, 0.717) is 5.92 Å². The van der Waals surface area contributed by atoms with Crippen LogP contribution >= 0.6 is 11.6 Å². The summed E-state index contributed by atoms with van der Waals surface area (Å²) in [5, 5.41) is 10.9. The van der Waals surface area contributed by atoms with Crippen LogP contribution in [0.4, 0.5) is 5.69 Å². The van der Waals surface area contributed by atoms with Crippen LogP contribution < -0.4 is 0 Å². The Morgan fingerprint density at radius 2 is 2.05 bits per heavy atom. The predicted octanol–water partition coefficient (Wildman–Crippen LogP) is 3.65. The lowest BCUT2D eigenvalue weighted by Crippen LogP contribution is -2.46. The number of piperidine rings is 1. The van der Waals surface area contributed by atoms with E-state index in [4.69, 9.17) is 11.6 Å². The van der Waals surface area contributed by atoms with Gasteiger partial charge in [-0.2, -0.15) is 0 Å². The second-order valence-corrected chi connectivity index (χ2v) is 6.17. The molecular weight excluding hydrogens is 292 g/mol. The quantitative estimate of drug-likeness (QED) is 0.619. The Morgan fingerprint density at radius 1 is 1.29 bits per heavy atom. The van der Waals surface area contributed by atoms with Gasteiger partial charge in [-0.1, -0.05) is 24.1 Å². The molecule has 3 rings (SSSR count). The first-order valence-corrected chi connectivity index (χ1v) is 7.71. The number of carbonyl (C=O) groups is 1. The molecule has 0 N–H and O–H groups in total. The third kappa shape index (κ3) is 2.50. The van der Waals surface area contributed by atoms with Crippen molar-refractivity contribution >= 4 is 23.2 Å². The van der Waals surface area contributed by atoms with E-state index in [9.17, 15) is 14.9 Å². The van der Waals surface area contributed by atoms with Gasteiger partial charge in [0.05, 0.1) is 10.5 Å². The van der Waals surface area contributed by atoms with Gasteiger partial charge in [-0.25, -0.2) is 0 Å². The van der Waals surface area contributed by atoms with Crippen LogP contribution in [-0.4, -0.2) is 28.3 Å². The summed E-state index contributed by atoms with van der Waals surface area (Å²) >= 11 is 6.07. The number of hydrogen-bond donors (Lipinski definition) is 0. The number of likely N-dealkylation sites (tertiary alicyclic amines) is 1. The van der Waals surface area contributed by atoms with E-state index >= 15 is 0 Å². The van der Waals surface area contributed by atoms with Crippen LogP contribution in [0.15, 0.2) is 18.2 Å². The van der Waals surface area contributed by atoms with E-state index < -0.39 is 4.92 Å². The van der Waals surface area contributed by atoms with Gasteiger partial charge >= 0.3 is 0 Å². The molecule has 1 heterocycles. The van der Waals surface area contributed by atoms with Crippen molar-refractivity contribution in [1.82, 2.24) is 4.90 Å². The fraction of sp³-hybridized carbons (Fsp3) is 0.533. The Kier molecular flexibility index (Phi) is 3.85. The van der Waals surface area contributed by atoms with E-state index in [2.05, 4.69) is 0 Å². The minimum absolute atomic E-state index is 0.0485. The molecule has 0 aromatic heterocycles. The zero-order chi connectivity index (χ0) is 15.0. The van der Waals surface area contributed by atoms with Crippen LogP contribution in [0.1, 0.15) is 42.5 Å². The van der Waals surface area contributed by atoms with E-state index in [-0.39, 0.29) is 28.2 Å². The SMILES string of the molecule is O=C(c1cccc([N+](=O)[O-])c1Cl)N1CCCC2CCCC21. The van der Waals surface area contributed by atoms with Gasteiger partial charge in [0.25, 0.3) is 11.6 Å². The summed E-state index contributed by atoms with van der Waals surface area (Å²) in [5.41, 5.74) is 0.0425. The van der Waals surface area contributed by atoms with Gasteiger partial charge < -0.3 is 4.90 Å². The molecular formula is C15H17ClN2O3. The maximum Gasteiger partial charge on any atom is 0.288 e. The first-order chi connectivity index (χ1) is 10.1. The third-order valence-electron chi connectivity index (χ3n) is 4.66. The van der Waals surface area contributed by atoms with Crippen LogP contribution in [0.3, 0.4) is 0 Å². The molecule has 2 atom stereocenters. The molecule has 1 aromatic carbocycles. The van der Waals surface area contributed by atoms with Crippen LogP contribution in [-0.2, 0) is 0 Å². The smallest absolute Gasteiger partial charge is 0.288 e. The van der Waals surface area contributed by atoms with Crippen LogP contribution in [0.25, 0.3) is 0 Å². The molecule has 2 unspecified atom stereocenters. The number of rotatable bonds is 2. The number of halogens is 1. The molecule has 1 aliphatic heterocycles. The zero-order valence-electron chi connectivity index (χ0n) is 11.6. The molecule has 1 aliphatic carbocycles. The molecule has 1 saturated carbocycles. The summed E-state index contributed by atoms with van der Waals surface area (Å²) in [6, 6.07) is 4.71. The molecule has 1 aromatic rings. The van der Waals surface area contributed by atoms with Gasteiger partial charge in [-0.05, 0) is 37.7 Å². The van der Waals surface area contributed by atoms with E-state index in [1.807, 2.05) is 4.90 Å². The predicted molar refractivity (Wildman–Crippen MR) is 79.5 cm³/mol. The van der Waals surface area contributed by atoms with Crippen molar-refractivity contribution in [1.29, 1.82) is 0 Å². The second kappa shape index (κ2) is 5.64. The second-order valence-electron chi connectivity index (χ2n) is 5.79. The Bertz CT molecular complexity index is 590. The number of nitrogens with zero attached hydrogens (tertiary/aromatic N) is 2. The molecule has 2 aliphatic rings. The maximum absolute atomic E-state index is 12.8. The molecule has 21 heavy (non-hydrogen) atoms. The highest BCUT2D eigenvalue weighted by molar-refractivity contribution is 6.35. The lowest BCUT2D eigenvalue weighted by Gasteiger charge is -2.38. The lowest BCUT2D eigenvalue weighted by atomic mass is 9.91. The fourth-order valence-electron chi connectivity index (χ4n) is 3.69. The average Bonchev–Trinajstić information content (AvgIpc) is 2.94. The summed E-state index contributed by atoms with van der Waals surface area (Å²) in [4.78, 5) is 25.0. The number of hydrogen-bond acceptors (Lipinski definition) is 3. The van der Waals surface area contributed by atoms with Gasteiger partial charge in [0.1, 0.15) is 5.02 Å². The largest absolute Gasteiger partial charge is 0.335 e. The first kappa shape index (κ1) is 14.3. The minimum atomic E-state index is -0.548. The molecule has 0 bridgehead atoms. The summed E-state index contributed by atoms with van der Waals surface area (Å²) in [7, 11) is 0. The third-order valence-corrected chi connectivity index (χ3v) is 5.06. The van der Waals surface area contributed by atoms with E-state index in [1.165, 1.54) is 25.0 Å². The number of benzene rings is 1. The number of fused-ring (bicyclic) bond motifs is 1. The van der Waals surface area contributed by atoms with Gasteiger partial charge in [0.2, 0.25) is 0 Å². The fourth-order valence-corrected chi connectivity index (χ4v) is 3.96. The van der Waals surface area contributed by atoms with Crippen LogP contribution in [0.2, 0.25) is 5.02 Å². The summed E-state index contributed by atoms with van der Waals surface area (Å²) in [6.45, 7) is 0.721. The molecule has 2 fully saturated rings. The Hall–Kier alpha value is -1.62. The van der Waals surface area contributed by atoms with Crippen LogP contribution in [0, 0.1) is 16.0 Å². The highest BCUT2D eigenvalue weighted by Gasteiger charge is 2.38. The van der Waals surface area contributed by atoms with Crippen molar-refractivity contribution in [2.75, 3.05) is 6.54 Å². The molecule has 0 radical (unpaired) electrons. The highest BCUT2D eigenvalue weighted by Crippen LogP contribution is 2.38. The number of nitro groups is 1. The molecule has 1 amide bonds. The lowest BCUT2D eigenvalue weighted by molar-refractivity contribution is -0.384. The zero-order valence-corrected chi connectivity index (χ0v) is 12.4. The van der Waals surface area contributed by atoms with Gasteiger partial charge in [-0.15, -0.1) is 0 Å². The summed E-state index contributed by atoms with van der Waals surface area (Å²) < 4.78 is 0. The monoisotopic (exact) mass is 308 g/mol. The highest BCUT2D eigenvalue weighted by atomic mass is 35.5. The van der Waals surface area contributed by atoms with Gasteiger partial charge in [-0.3, -0.25) is 14.9 Å². The van der Waals surface area contributed by atoms with Crippen molar-refractivity contribution in [3.63, 3.8) is 0 Å². The van der Waals surface area contributed by atoms with E-state index in [0.717, 1.165) is 25.8 Å². The van der Waals surface area contributed by atoms with Crippen molar-refractivity contribution in [2.45, 2.75) is 38.1 Å². The molecule has 6 heteroatoms. The minimum Gasteiger partial charge on any atom is -0.335 e. The molecule has 0 spiro atoms. The molecule has 112 valence electrons.